The van der Waals surface area contributed by atoms with Gasteiger partial charge in [0, 0.05) is 6.42 Å². The summed E-state index contributed by atoms with van der Waals surface area (Å²) in [7, 11) is 0. The molecule has 22 heavy (non-hydrogen) atoms. The van der Waals surface area contributed by atoms with Gasteiger partial charge in [-0.15, -0.1) is 10.2 Å². The topological polar surface area (TPSA) is 72.7 Å². The Hall–Kier alpha value is -2.24. The molecule has 0 aromatic carbocycles. The van der Waals surface area contributed by atoms with E-state index in [2.05, 4.69) is 20.5 Å². The molecular weight excluding hydrogens is 278 g/mol. The minimum absolute atomic E-state index is 0.0735. The summed E-state index contributed by atoms with van der Waals surface area (Å²) in [6.07, 6.45) is 13.0. The Balaban J connectivity index is 1.48. The SMILES string of the molecule is O=C(CCC1CCCCC1)Nc1ccc(-n2cnnc2)nc1. The van der Waals surface area contributed by atoms with E-state index in [4.69, 9.17) is 0 Å². The Morgan fingerprint density at radius 2 is 1.95 bits per heavy atom. The fraction of sp³-hybridized carbons (Fsp3) is 0.500. The maximum atomic E-state index is 12.0. The molecule has 2 aromatic heterocycles. The molecule has 0 radical (unpaired) electrons. The molecule has 1 N–H and O–H groups in total. The smallest absolute Gasteiger partial charge is 0.224 e. The number of hydrogen-bond donors (Lipinski definition) is 1. The van der Waals surface area contributed by atoms with Gasteiger partial charge in [0.1, 0.15) is 18.5 Å². The lowest BCUT2D eigenvalue weighted by atomic mass is 9.86. The molecule has 3 rings (SSSR count). The lowest BCUT2D eigenvalue weighted by molar-refractivity contribution is -0.116. The molecule has 6 heteroatoms. The van der Waals surface area contributed by atoms with Gasteiger partial charge in [0.05, 0.1) is 11.9 Å². The van der Waals surface area contributed by atoms with Gasteiger partial charge in [-0.05, 0) is 24.5 Å². The number of carbonyl (C=O) groups excluding carboxylic acids is 1. The molecule has 0 aliphatic heterocycles. The third kappa shape index (κ3) is 3.90. The number of amides is 1. The van der Waals surface area contributed by atoms with Crippen molar-refractivity contribution in [2.24, 2.45) is 5.92 Å². The number of hydrogen-bond acceptors (Lipinski definition) is 4. The summed E-state index contributed by atoms with van der Waals surface area (Å²) in [4.78, 5) is 16.3. The van der Waals surface area contributed by atoms with Gasteiger partial charge in [-0.3, -0.25) is 9.36 Å². The fourth-order valence-electron chi connectivity index (χ4n) is 2.97. The lowest BCUT2D eigenvalue weighted by Gasteiger charge is -2.20. The van der Waals surface area contributed by atoms with E-state index in [1.807, 2.05) is 12.1 Å². The van der Waals surface area contributed by atoms with Crippen LogP contribution in [0.15, 0.2) is 31.0 Å². The Bertz CT molecular complexity index is 588. The Morgan fingerprint density at radius 3 is 2.64 bits per heavy atom. The molecule has 1 aliphatic carbocycles. The Kier molecular flexibility index (Phi) is 4.78. The first kappa shape index (κ1) is 14.7. The van der Waals surface area contributed by atoms with E-state index in [0.29, 0.717) is 6.42 Å². The molecule has 0 atom stereocenters. The van der Waals surface area contributed by atoms with Crippen molar-refractivity contribution in [2.75, 3.05) is 5.32 Å². The highest BCUT2D eigenvalue weighted by Gasteiger charge is 2.14. The number of carbonyl (C=O) groups is 1. The van der Waals surface area contributed by atoms with Crippen LogP contribution in [-0.2, 0) is 4.79 Å². The van der Waals surface area contributed by atoms with Crippen LogP contribution in [0.2, 0.25) is 0 Å². The molecule has 0 bridgehead atoms. The van der Waals surface area contributed by atoms with Crippen LogP contribution in [-0.4, -0.2) is 25.7 Å². The summed E-state index contributed by atoms with van der Waals surface area (Å²) in [5.74, 6) is 1.53. The summed E-state index contributed by atoms with van der Waals surface area (Å²) < 4.78 is 1.72. The largest absolute Gasteiger partial charge is 0.325 e. The highest BCUT2D eigenvalue weighted by Crippen LogP contribution is 2.27. The number of nitrogens with one attached hydrogen (secondary N) is 1. The molecule has 2 aromatic rings. The van der Waals surface area contributed by atoms with Gasteiger partial charge in [0.25, 0.3) is 0 Å². The van der Waals surface area contributed by atoms with Crippen LogP contribution in [0.1, 0.15) is 44.9 Å². The predicted octanol–water partition coefficient (Wildman–Crippen LogP) is 2.96. The Labute approximate surface area is 130 Å². The first-order valence-electron chi connectivity index (χ1n) is 7.92. The van der Waals surface area contributed by atoms with Gasteiger partial charge in [-0.1, -0.05) is 32.1 Å². The molecule has 2 heterocycles. The minimum atomic E-state index is 0.0735. The second kappa shape index (κ2) is 7.15. The summed E-state index contributed by atoms with van der Waals surface area (Å²) in [6, 6.07) is 3.68. The normalized spacial score (nSPS) is 15.6. The van der Waals surface area contributed by atoms with E-state index in [0.717, 1.165) is 23.8 Å². The van der Waals surface area contributed by atoms with E-state index in [1.165, 1.54) is 32.1 Å². The predicted molar refractivity (Wildman–Crippen MR) is 83.6 cm³/mol. The molecule has 0 saturated heterocycles. The minimum Gasteiger partial charge on any atom is -0.325 e. The van der Waals surface area contributed by atoms with Crippen molar-refractivity contribution in [1.29, 1.82) is 0 Å². The van der Waals surface area contributed by atoms with Crippen LogP contribution >= 0.6 is 0 Å². The van der Waals surface area contributed by atoms with Gasteiger partial charge in [0.15, 0.2) is 0 Å². The second-order valence-electron chi connectivity index (χ2n) is 5.87. The van der Waals surface area contributed by atoms with Crippen molar-refractivity contribution in [3.63, 3.8) is 0 Å². The van der Waals surface area contributed by atoms with Crippen molar-refractivity contribution in [2.45, 2.75) is 44.9 Å². The molecule has 116 valence electrons. The van der Waals surface area contributed by atoms with Crippen LogP contribution in [0.5, 0.6) is 0 Å². The fourth-order valence-corrected chi connectivity index (χ4v) is 2.97. The van der Waals surface area contributed by atoms with Gasteiger partial charge < -0.3 is 5.32 Å². The van der Waals surface area contributed by atoms with Crippen LogP contribution in [0, 0.1) is 5.92 Å². The zero-order valence-electron chi connectivity index (χ0n) is 12.6. The maximum absolute atomic E-state index is 12.0. The van der Waals surface area contributed by atoms with Crippen molar-refractivity contribution < 1.29 is 4.79 Å². The first-order valence-corrected chi connectivity index (χ1v) is 7.92. The van der Waals surface area contributed by atoms with Crippen LogP contribution < -0.4 is 5.32 Å². The first-order chi connectivity index (χ1) is 10.8. The molecule has 1 amide bonds. The van der Waals surface area contributed by atoms with Crippen molar-refractivity contribution in [3.05, 3.63) is 31.0 Å². The van der Waals surface area contributed by atoms with Crippen molar-refractivity contribution in [1.82, 2.24) is 19.7 Å². The summed E-state index contributed by atoms with van der Waals surface area (Å²) >= 11 is 0. The van der Waals surface area contributed by atoms with E-state index < -0.39 is 0 Å². The third-order valence-electron chi connectivity index (χ3n) is 4.22. The van der Waals surface area contributed by atoms with E-state index in [1.54, 1.807) is 23.4 Å². The molecular formula is C16H21N5O. The number of nitrogens with zero attached hydrogens (tertiary/aromatic N) is 4. The van der Waals surface area contributed by atoms with Gasteiger partial charge >= 0.3 is 0 Å². The Morgan fingerprint density at radius 1 is 1.18 bits per heavy atom. The van der Waals surface area contributed by atoms with Crippen LogP contribution in [0.3, 0.4) is 0 Å². The van der Waals surface area contributed by atoms with E-state index in [-0.39, 0.29) is 5.91 Å². The van der Waals surface area contributed by atoms with Gasteiger partial charge in [-0.25, -0.2) is 4.98 Å². The second-order valence-corrected chi connectivity index (χ2v) is 5.87. The molecule has 0 unspecified atom stereocenters. The molecule has 1 saturated carbocycles. The molecule has 0 spiro atoms. The third-order valence-corrected chi connectivity index (χ3v) is 4.22. The van der Waals surface area contributed by atoms with E-state index in [9.17, 15) is 4.79 Å². The number of aromatic nitrogens is 4. The number of rotatable bonds is 5. The van der Waals surface area contributed by atoms with Crippen LogP contribution in [0.4, 0.5) is 5.69 Å². The average Bonchev–Trinajstić information content (AvgIpc) is 3.09. The monoisotopic (exact) mass is 299 g/mol. The van der Waals surface area contributed by atoms with Crippen LogP contribution in [0.25, 0.3) is 5.82 Å². The zero-order chi connectivity index (χ0) is 15.2. The van der Waals surface area contributed by atoms with Gasteiger partial charge in [0.2, 0.25) is 5.91 Å². The molecule has 6 nitrogen and oxygen atoms in total. The van der Waals surface area contributed by atoms with Crippen molar-refractivity contribution >= 4 is 11.6 Å². The zero-order valence-corrected chi connectivity index (χ0v) is 12.6. The standard InChI is InChI=1S/C16H21N5O/c22-16(9-6-13-4-2-1-3-5-13)20-14-7-8-15(17-10-14)21-11-18-19-12-21/h7-8,10-13H,1-6,9H2,(H,20,22). The summed E-state index contributed by atoms with van der Waals surface area (Å²) in [5.41, 5.74) is 0.727. The average molecular weight is 299 g/mol. The highest BCUT2D eigenvalue weighted by atomic mass is 16.1. The molecule has 1 aliphatic rings. The summed E-state index contributed by atoms with van der Waals surface area (Å²) in [6.45, 7) is 0. The highest BCUT2D eigenvalue weighted by molar-refractivity contribution is 5.90. The molecule has 1 fully saturated rings. The van der Waals surface area contributed by atoms with Gasteiger partial charge in [-0.2, -0.15) is 0 Å². The summed E-state index contributed by atoms with van der Waals surface area (Å²) in [5, 5.41) is 10.4. The van der Waals surface area contributed by atoms with E-state index >= 15 is 0 Å². The quantitative estimate of drug-likeness (QED) is 0.921. The number of anilines is 1. The lowest BCUT2D eigenvalue weighted by Crippen LogP contribution is -2.15. The van der Waals surface area contributed by atoms with Crippen molar-refractivity contribution in [3.8, 4) is 5.82 Å². The maximum Gasteiger partial charge on any atom is 0.224 e. The number of pyridine rings is 1.